The highest BCUT2D eigenvalue weighted by Crippen LogP contribution is 2.40. The van der Waals surface area contributed by atoms with Gasteiger partial charge in [0.05, 0.1) is 11.0 Å². The molecule has 2 aromatic heterocycles. The fourth-order valence-corrected chi connectivity index (χ4v) is 2.80. The van der Waals surface area contributed by atoms with Crippen molar-refractivity contribution in [1.82, 2.24) is 24.3 Å². The van der Waals surface area contributed by atoms with Crippen LogP contribution in [0.1, 0.15) is 30.4 Å². The zero-order valence-electron chi connectivity index (χ0n) is 12.0. The van der Waals surface area contributed by atoms with Crippen LogP contribution in [-0.4, -0.2) is 24.3 Å². The average molecular weight is 282 g/mol. The number of rotatable bonds is 4. The first-order valence-corrected chi connectivity index (χ1v) is 7.31. The molecule has 1 aliphatic rings. The van der Waals surface area contributed by atoms with Crippen molar-refractivity contribution in [2.24, 2.45) is 7.05 Å². The molecule has 1 aromatic carbocycles. The molecule has 0 atom stereocenters. The highest BCUT2D eigenvalue weighted by atomic mass is 15.2. The SMILES string of the molecule is Cn1cnnc1CCn1c(C2CC2)nc2cc(N)ccc21. The summed E-state index contributed by atoms with van der Waals surface area (Å²) in [5.41, 5.74) is 8.80. The quantitative estimate of drug-likeness (QED) is 0.741. The number of nitrogens with two attached hydrogens (primary N) is 1. The standard InChI is InChI=1S/C15H18N6/c1-20-9-17-19-14(20)6-7-21-13-5-4-11(16)8-12(13)18-15(21)10-2-3-10/h4-5,8-10H,2-3,6-7,16H2,1H3. The van der Waals surface area contributed by atoms with E-state index in [0.717, 1.165) is 35.5 Å². The summed E-state index contributed by atoms with van der Waals surface area (Å²) in [5, 5.41) is 8.10. The van der Waals surface area contributed by atoms with Crippen LogP contribution in [0.5, 0.6) is 0 Å². The molecule has 6 heteroatoms. The van der Waals surface area contributed by atoms with Gasteiger partial charge in [0.15, 0.2) is 0 Å². The Balaban J connectivity index is 1.72. The molecule has 2 N–H and O–H groups in total. The number of hydrogen-bond acceptors (Lipinski definition) is 4. The lowest BCUT2D eigenvalue weighted by atomic mass is 10.2. The van der Waals surface area contributed by atoms with Crippen LogP contribution in [0.25, 0.3) is 11.0 Å². The van der Waals surface area contributed by atoms with Gasteiger partial charge < -0.3 is 14.9 Å². The van der Waals surface area contributed by atoms with E-state index in [0.29, 0.717) is 5.92 Å². The van der Waals surface area contributed by atoms with E-state index in [-0.39, 0.29) is 0 Å². The highest BCUT2D eigenvalue weighted by Gasteiger charge is 2.29. The van der Waals surface area contributed by atoms with E-state index in [9.17, 15) is 0 Å². The monoisotopic (exact) mass is 282 g/mol. The molecule has 0 amide bonds. The van der Waals surface area contributed by atoms with Crippen molar-refractivity contribution >= 4 is 16.7 Å². The van der Waals surface area contributed by atoms with Crippen molar-refractivity contribution in [2.75, 3.05) is 5.73 Å². The van der Waals surface area contributed by atoms with Crippen LogP contribution in [0, 0.1) is 0 Å². The summed E-state index contributed by atoms with van der Waals surface area (Å²) in [6, 6.07) is 5.97. The average Bonchev–Trinajstić information content (AvgIpc) is 3.14. The van der Waals surface area contributed by atoms with Gasteiger partial charge in [-0.1, -0.05) is 0 Å². The Labute approximate surface area is 122 Å². The number of hydrogen-bond donors (Lipinski definition) is 1. The van der Waals surface area contributed by atoms with Gasteiger partial charge in [-0.25, -0.2) is 4.98 Å². The van der Waals surface area contributed by atoms with E-state index < -0.39 is 0 Å². The molecule has 0 radical (unpaired) electrons. The fraction of sp³-hybridized carbons (Fsp3) is 0.400. The number of benzene rings is 1. The lowest BCUT2D eigenvalue weighted by Crippen LogP contribution is -2.08. The van der Waals surface area contributed by atoms with Crippen molar-refractivity contribution in [1.29, 1.82) is 0 Å². The second-order valence-corrected chi connectivity index (χ2v) is 5.75. The summed E-state index contributed by atoms with van der Waals surface area (Å²) in [4.78, 5) is 4.80. The highest BCUT2D eigenvalue weighted by molar-refractivity contribution is 5.79. The molecule has 0 unspecified atom stereocenters. The van der Waals surface area contributed by atoms with Crippen LogP contribution in [0.4, 0.5) is 5.69 Å². The van der Waals surface area contributed by atoms with E-state index in [1.165, 1.54) is 18.7 Å². The lowest BCUT2D eigenvalue weighted by Gasteiger charge is -2.08. The Kier molecular flexibility index (Phi) is 2.70. The molecule has 0 aliphatic heterocycles. The molecule has 1 saturated carbocycles. The topological polar surface area (TPSA) is 74.5 Å². The molecule has 108 valence electrons. The zero-order valence-corrected chi connectivity index (χ0v) is 12.0. The van der Waals surface area contributed by atoms with Gasteiger partial charge >= 0.3 is 0 Å². The minimum Gasteiger partial charge on any atom is -0.399 e. The number of aryl methyl sites for hydroxylation is 3. The van der Waals surface area contributed by atoms with E-state index in [1.807, 2.05) is 23.7 Å². The number of aromatic nitrogens is 5. The summed E-state index contributed by atoms with van der Waals surface area (Å²) in [6.07, 6.45) is 5.07. The van der Waals surface area contributed by atoms with Crippen molar-refractivity contribution in [2.45, 2.75) is 31.7 Å². The van der Waals surface area contributed by atoms with Crippen LogP contribution < -0.4 is 5.73 Å². The molecule has 0 spiro atoms. The normalized spacial score (nSPS) is 14.9. The number of anilines is 1. The fourth-order valence-electron chi connectivity index (χ4n) is 2.80. The molecule has 0 saturated heterocycles. The summed E-state index contributed by atoms with van der Waals surface area (Å²) < 4.78 is 4.29. The van der Waals surface area contributed by atoms with E-state index >= 15 is 0 Å². The number of imidazole rings is 1. The summed E-state index contributed by atoms with van der Waals surface area (Å²) in [5.74, 6) is 2.80. The van der Waals surface area contributed by atoms with Gasteiger partial charge in [-0.05, 0) is 31.0 Å². The first-order valence-electron chi connectivity index (χ1n) is 7.31. The molecule has 4 rings (SSSR count). The van der Waals surface area contributed by atoms with Crippen LogP contribution in [-0.2, 0) is 20.0 Å². The predicted octanol–water partition coefficient (Wildman–Crippen LogP) is 1.87. The predicted molar refractivity (Wildman–Crippen MR) is 80.8 cm³/mol. The Morgan fingerprint density at radius 2 is 2.19 bits per heavy atom. The minimum atomic E-state index is 0.609. The van der Waals surface area contributed by atoms with Crippen molar-refractivity contribution < 1.29 is 0 Å². The zero-order chi connectivity index (χ0) is 14.4. The molecule has 0 bridgehead atoms. The maximum Gasteiger partial charge on any atom is 0.134 e. The van der Waals surface area contributed by atoms with Gasteiger partial charge in [0.1, 0.15) is 18.0 Å². The van der Waals surface area contributed by atoms with Crippen LogP contribution in [0.15, 0.2) is 24.5 Å². The molecule has 21 heavy (non-hydrogen) atoms. The third-order valence-electron chi connectivity index (χ3n) is 4.11. The minimum absolute atomic E-state index is 0.609. The number of fused-ring (bicyclic) bond motifs is 1. The van der Waals surface area contributed by atoms with Gasteiger partial charge in [0, 0.05) is 31.6 Å². The van der Waals surface area contributed by atoms with Crippen LogP contribution in [0.2, 0.25) is 0 Å². The van der Waals surface area contributed by atoms with Gasteiger partial charge in [-0.2, -0.15) is 0 Å². The molecule has 1 aliphatic carbocycles. The van der Waals surface area contributed by atoms with Gasteiger partial charge in [-0.15, -0.1) is 10.2 Å². The Morgan fingerprint density at radius 1 is 1.33 bits per heavy atom. The third kappa shape index (κ3) is 2.16. The summed E-state index contributed by atoms with van der Waals surface area (Å²) in [7, 11) is 1.98. The molecule has 3 aromatic rings. The third-order valence-corrected chi connectivity index (χ3v) is 4.11. The summed E-state index contributed by atoms with van der Waals surface area (Å²) in [6.45, 7) is 0.874. The van der Waals surface area contributed by atoms with Crippen LogP contribution >= 0.6 is 0 Å². The maximum atomic E-state index is 5.88. The lowest BCUT2D eigenvalue weighted by molar-refractivity contribution is 0.633. The van der Waals surface area contributed by atoms with E-state index in [4.69, 9.17) is 10.7 Å². The molecule has 2 heterocycles. The van der Waals surface area contributed by atoms with E-state index in [1.54, 1.807) is 6.33 Å². The van der Waals surface area contributed by atoms with Crippen molar-refractivity contribution in [3.63, 3.8) is 0 Å². The van der Waals surface area contributed by atoms with Gasteiger partial charge in [0.2, 0.25) is 0 Å². The Morgan fingerprint density at radius 3 is 2.90 bits per heavy atom. The van der Waals surface area contributed by atoms with E-state index in [2.05, 4.69) is 20.8 Å². The Bertz CT molecular complexity index is 796. The molecular weight excluding hydrogens is 264 g/mol. The number of nitrogens with zero attached hydrogens (tertiary/aromatic N) is 5. The smallest absolute Gasteiger partial charge is 0.134 e. The van der Waals surface area contributed by atoms with Crippen molar-refractivity contribution in [3.05, 3.63) is 36.2 Å². The Hall–Kier alpha value is -2.37. The molecular formula is C15H18N6. The molecule has 1 fully saturated rings. The first-order chi connectivity index (χ1) is 10.2. The van der Waals surface area contributed by atoms with Crippen LogP contribution in [0.3, 0.4) is 0 Å². The maximum absolute atomic E-state index is 5.88. The largest absolute Gasteiger partial charge is 0.399 e. The summed E-state index contributed by atoms with van der Waals surface area (Å²) >= 11 is 0. The van der Waals surface area contributed by atoms with Gasteiger partial charge in [0.25, 0.3) is 0 Å². The number of nitrogen functional groups attached to an aromatic ring is 1. The van der Waals surface area contributed by atoms with Crippen molar-refractivity contribution in [3.8, 4) is 0 Å². The second-order valence-electron chi connectivity index (χ2n) is 5.75. The van der Waals surface area contributed by atoms with Gasteiger partial charge in [-0.3, -0.25) is 0 Å². The first kappa shape index (κ1) is 12.4. The second kappa shape index (κ2) is 4.58. The molecule has 6 nitrogen and oxygen atoms in total.